The molecular formula is C22H34O4. The summed E-state index contributed by atoms with van der Waals surface area (Å²) in [5.41, 5.74) is 4.24. The first-order valence-corrected chi connectivity index (χ1v) is 9.93. The van der Waals surface area contributed by atoms with Crippen LogP contribution >= 0.6 is 0 Å². The minimum Gasteiger partial charge on any atom is -0.481 e. The van der Waals surface area contributed by atoms with Gasteiger partial charge in [0, 0.05) is 12.8 Å². The van der Waals surface area contributed by atoms with Crippen LogP contribution < -0.4 is 0 Å². The average molecular weight is 363 g/mol. The number of carboxylic acids is 2. The van der Waals surface area contributed by atoms with Gasteiger partial charge in [-0.2, -0.15) is 0 Å². The first kappa shape index (κ1) is 22.2. The number of carbonyl (C=O) groups is 2. The van der Waals surface area contributed by atoms with E-state index in [-0.39, 0.29) is 12.8 Å². The van der Waals surface area contributed by atoms with Crippen molar-refractivity contribution in [3.8, 4) is 0 Å². The zero-order chi connectivity index (χ0) is 19.4. The molecule has 0 saturated heterocycles. The lowest BCUT2D eigenvalue weighted by molar-refractivity contribution is -0.138. The van der Waals surface area contributed by atoms with E-state index in [0.717, 1.165) is 57.8 Å². The summed E-state index contributed by atoms with van der Waals surface area (Å²) < 4.78 is 0. The summed E-state index contributed by atoms with van der Waals surface area (Å²) in [6, 6.07) is 6.56. The molecule has 1 rings (SSSR count). The standard InChI is InChI=1S/C22H34O4/c1-17(2)16-19-12-9-11-18(10-5-3-7-14-21(23)24)20(19)13-6-4-8-15-22(25)26/h9,11-12,17H,3-8,10,13-16H2,1-2H3,(H,23,24)(H,25,26). The van der Waals surface area contributed by atoms with Crippen molar-refractivity contribution < 1.29 is 19.8 Å². The lowest BCUT2D eigenvalue weighted by Gasteiger charge is -2.17. The molecule has 0 heterocycles. The Kier molecular flexibility index (Phi) is 10.7. The predicted octanol–water partition coefficient (Wildman–Crippen LogP) is 5.26. The highest BCUT2D eigenvalue weighted by atomic mass is 16.4. The largest absolute Gasteiger partial charge is 0.481 e. The molecule has 4 nitrogen and oxygen atoms in total. The van der Waals surface area contributed by atoms with E-state index in [0.29, 0.717) is 5.92 Å². The van der Waals surface area contributed by atoms with Gasteiger partial charge in [0.25, 0.3) is 0 Å². The Morgan fingerprint density at radius 1 is 0.808 bits per heavy atom. The summed E-state index contributed by atoms with van der Waals surface area (Å²) in [5.74, 6) is -0.829. The van der Waals surface area contributed by atoms with Crippen LogP contribution in [0, 0.1) is 5.92 Å². The molecule has 0 aliphatic carbocycles. The number of carboxylic acid groups (broad SMARTS) is 2. The molecule has 0 aliphatic heterocycles. The summed E-state index contributed by atoms with van der Waals surface area (Å²) in [6.07, 6.45) is 8.99. The van der Waals surface area contributed by atoms with E-state index in [1.54, 1.807) is 0 Å². The first-order chi connectivity index (χ1) is 12.4. The van der Waals surface area contributed by atoms with Crippen molar-refractivity contribution >= 4 is 11.9 Å². The van der Waals surface area contributed by atoms with Crippen molar-refractivity contribution in [3.05, 3.63) is 34.9 Å². The van der Waals surface area contributed by atoms with Crippen molar-refractivity contribution in [1.82, 2.24) is 0 Å². The maximum atomic E-state index is 10.6. The Balaban J connectivity index is 2.65. The SMILES string of the molecule is CC(C)Cc1cccc(CCCCCC(=O)O)c1CCCCCC(=O)O. The van der Waals surface area contributed by atoms with Gasteiger partial charge in [-0.25, -0.2) is 0 Å². The third-order valence-corrected chi connectivity index (χ3v) is 4.65. The molecule has 1 aromatic carbocycles. The van der Waals surface area contributed by atoms with Crippen LogP contribution in [-0.4, -0.2) is 22.2 Å². The second-order valence-electron chi connectivity index (χ2n) is 7.56. The van der Waals surface area contributed by atoms with Gasteiger partial charge >= 0.3 is 11.9 Å². The van der Waals surface area contributed by atoms with Crippen LogP contribution in [-0.2, 0) is 28.9 Å². The maximum Gasteiger partial charge on any atom is 0.303 e. The van der Waals surface area contributed by atoms with Crippen LogP contribution in [0.5, 0.6) is 0 Å². The number of hydrogen-bond donors (Lipinski definition) is 2. The Bertz CT molecular complexity index is 563. The molecule has 0 bridgehead atoms. The van der Waals surface area contributed by atoms with Crippen molar-refractivity contribution in [2.24, 2.45) is 5.92 Å². The van der Waals surface area contributed by atoms with E-state index >= 15 is 0 Å². The van der Waals surface area contributed by atoms with E-state index in [1.807, 2.05) is 0 Å². The monoisotopic (exact) mass is 362 g/mol. The molecule has 0 saturated carbocycles. The lowest BCUT2D eigenvalue weighted by Crippen LogP contribution is -2.05. The fourth-order valence-electron chi connectivity index (χ4n) is 3.40. The minimum atomic E-state index is -0.717. The minimum absolute atomic E-state index is 0.254. The first-order valence-electron chi connectivity index (χ1n) is 9.93. The van der Waals surface area contributed by atoms with Crippen molar-refractivity contribution in [3.63, 3.8) is 0 Å². The van der Waals surface area contributed by atoms with Gasteiger partial charge in [0.1, 0.15) is 0 Å². The summed E-state index contributed by atoms with van der Waals surface area (Å²) in [5, 5.41) is 17.5. The van der Waals surface area contributed by atoms with E-state index < -0.39 is 11.9 Å². The summed E-state index contributed by atoms with van der Waals surface area (Å²) in [4.78, 5) is 21.2. The Morgan fingerprint density at radius 2 is 1.35 bits per heavy atom. The van der Waals surface area contributed by atoms with E-state index in [4.69, 9.17) is 10.2 Å². The normalized spacial score (nSPS) is 11.0. The molecule has 4 heteroatoms. The fraction of sp³-hybridized carbons (Fsp3) is 0.636. The van der Waals surface area contributed by atoms with Crippen LogP contribution in [0.3, 0.4) is 0 Å². The van der Waals surface area contributed by atoms with Crippen LogP contribution in [0.1, 0.15) is 81.9 Å². The lowest BCUT2D eigenvalue weighted by atomic mass is 9.89. The van der Waals surface area contributed by atoms with E-state index in [2.05, 4.69) is 32.0 Å². The topological polar surface area (TPSA) is 74.6 Å². The number of aliphatic carboxylic acids is 2. The Hall–Kier alpha value is -1.84. The molecule has 0 unspecified atom stereocenters. The van der Waals surface area contributed by atoms with Crippen molar-refractivity contribution in [1.29, 1.82) is 0 Å². The molecule has 1 aromatic rings. The molecule has 0 aromatic heterocycles. The Labute approximate surface area is 157 Å². The molecule has 0 spiro atoms. The summed E-state index contributed by atoms with van der Waals surface area (Å²) in [7, 11) is 0. The molecule has 0 fully saturated rings. The van der Waals surface area contributed by atoms with Crippen LogP contribution in [0.15, 0.2) is 18.2 Å². The number of hydrogen-bond acceptors (Lipinski definition) is 2. The van der Waals surface area contributed by atoms with Gasteiger partial charge in [0.05, 0.1) is 0 Å². The molecule has 26 heavy (non-hydrogen) atoms. The number of aryl methyl sites for hydroxylation is 1. The molecule has 0 aliphatic rings. The highest BCUT2D eigenvalue weighted by molar-refractivity contribution is 5.66. The zero-order valence-corrected chi connectivity index (χ0v) is 16.3. The fourth-order valence-corrected chi connectivity index (χ4v) is 3.40. The van der Waals surface area contributed by atoms with Crippen molar-refractivity contribution in [2.45, 2.75) is 84.5 Å². The molecule has 0 amide bonds. The second-order valence-corrected chi connectivity index (χ2v) is 7.56. The molecule has 0 atom stereocenters. The molecule has 0 radical (unpaired) electrons. The van der Waals surface area contributed by atoms with Gasteiger partial charge in [-0.1, -0.05) is 44.9 Å². The molecule has 146 valence electrons. The summed E-state index contributed by atoms with van der Waals surface area (Å²) >= 11 is 0. The van der Waals surface area contributed by atoms with Gasteiger partial charge in [-0.15, -0.1) is 0 Å². The van der Waals surface area contributed by atoms with Gasteiger partial charge in [0.2, 0.25) is 0 Å². The predicted molar refractivity (Wildman–Crippen MR) is 105 cm³/mol. The second kappa shape index (κ2) is 12.5. The van der Waals surface area contributed by atoms with Crippen molar-refractivity contribution in [2.75, 3.05) is 0 Å². The average Bonchev–Trinajstić information content (AvgIpc) is 2.55. The van der Waals surface area contributed by atoms with Crippen LogP contribution in [0.4, 0.5) is 0 Å². The van der Waals surface area contributed by atoms with E-state index in [1.165, 1.54) is 16.7 Å². The van der Waals surface area contributed by atoms with Crippen LogP contribution in [0.2, 0.25) is 0 Å². The quantitative estimate of drug-likeness (QED) is 0.443. The van der Waals surface area contributed by atoms with Gasteiger partial charge in [-0.05, 0) is 67.6 Å². The maximum absolute atomic E-state index is 10.6. The van der Waals surface area contributed by atoms with Crippen LogP contribution in [0.25, 0.3) is 0 Å². The summed E-state index contributed by atoms with van der Waals surface area (Å²) in [6.45, 7) is 4.46. The third kappa shape index (κ3) is 9.59. The van der Waals surface area contributed by atoms with Gasteiger partial charge < -0.3 is 10.2 Å². The number of unbranched alkanes of at least 4 members (excludes halogenated alkanes) is 4. The number of rotatable bonds is 14. The highest BCUT2D eigenvalue weighted by Crippen LogP contribution is 2.23. The molecule has 2 N–H and O–H groups in total. The van der Waals surface area contributed by atoms with Gasteiger partial charge in [0.15, 0.2) is 0 Å². The Morgan fingerprint density at radius 3 is 1.88 bits per heavy atom. The molecular weight excluding hydrogens is 328 g/mol. The zero-order valence-electron chi connectivity index (χ0n) is 16.3. The third-order valence-electron chi connectivity index (χ3n) is 4.65. The number of benzene rings is 1. The van der Waals surface area contributed by atoms with E-state index in [9.17, 15) is 9.59 Å². The van der Waals surface area contributed by atoms with Gasteiger partial charge in [-0.3, -0.25) is 9.59 Å². The highest BCUT2D eigenvalue weighted by Gasteiger charge is 2.10. The smallest absolute Gasteiger partial charge is 0.303 e.